The van der Waals surface area contributed by atoms with E-state index in [2.05, 4.69) is 206 Å². The number of fused-ring (bicyclic) bond motifs is 14. The number of hydrogen-bond donors (Lipinski definition) is 0. The molecule has 272 valence electrons. The van der Waals surface area contributed by atoms with E-state index in [9.17, 15) is 0 Å². The molecule has 0 spiro atoms. The summed E-state index contributed by atoms with van der Waals surface area (Å²) in [6.07, 6.45) is 0. The molecule has 1 heteroatoms. The van der Waals surface area contributed by atoms with Crippen molar-refractivity contribution in [3.05, 3.63) is 206 Å². The van der Waals surface area contributed by atoms with Crippen molar-refractivity contribution in [1.29, 1.82) is 0 Å². The molecule has 0 aliphatic heterocycles. The van der Waals surface area contributed by atoms with Crippen molar-refractivity contribution in [2.24, 2.45) is 0 Å². The van der Waals surface area contributed by atoms with Gasteiger partial charge >= 0.3 is 0 Å². The van der Waals surface area contributed by atoms with Crippen molar-refractivity contribution < 1.29 is 0 Å². The molecule has 0 aliphatic carbocycles. The first kappa shape index (κ1) is 32.7. The van der Waals surface area contributed by atoms with E-state index in [-0.39, 0.29) is 0 Å². The van der Waals surface area contributed by atoms with Crippen LogP contribution in [-0.4, -0.2) is 0 Å². The number of benzene rings is 12. The van der Waals surface area contributed by atoms with E-state index in [0.29, 0.717) is 0 Å². The Balaban J connectivity index is 1.01. The number of hydrogen-bond acceptors (Lipinski definition) is 1. The Labute approximate surface area is 344 Å². The summed E-state index contributed by atoms with van der Waals surface area (Å²) in [5, 5.41) is 20.8. The summed E-state index contributed by atoms with van der Waals surface area (Å²) in [5.41, 5.74) is 7.61. The van der Waals surface area contributed by atoms with Crippen molar-refractivity contribution in [1.82, 2.24) is 0 Å². The van der Waals surface area contributed by atoms with Gasteiger partial charge in [-0.25, -0.2) is 0 Å². The van der Waals surface area contributed by atoms with E-state index in [0.717, 1.165) is 0 Å². The van der Waals surface area contributed by atoms with E-state index >= 15 is 0 Å². The minimum absolute atomic E-state index is 1.23. The fraction of sp³-hybridized carbons (Fsp3) is 0. The molecule has 13 rings (SSSR count). The fourth-order valence-corrected chi connectivity index (χ4v) is 11.6. The quantitative estimate of drug-likeness (QED) is 0.124. The Bertz CT molecular complexity index is 3840. The zero-order valence-corrected chi connectivity index (χ0v) is 32.9. The van der Waals surface area contributed by atoms with E-state index in [1.54, 1.807) is 0 Å². The largest absolute Gasteiger partial charge is 0.134 e. The Morgan fingerprint density at radius 2 is 0.729 bits per heavy atom. The highest BCUT2D eigenvalue weighted by molar-refractivity contribution is 7.27. The van der Waals surface area contributed by atoms with Gasteiger partial charge in [0.05, 0.1) is 0 Å². The topological polar surface area (TPSA) is 0 Å². The zero-order chi connectivity index (χ0) is 38.6. The van der Waals surface area contributed by atoms with E-state index in [4.69, 9.17) is 0 Å². The fourth-order valence-electron chi connectivity index (χ4n) is 10.2. The number of thiophene rings is 1. The summed E-state index contributed by atoms with van der Waals surface area (Å²) in [7, 11) is 0. The molecule has 12 aromatic carbocycles. The molecule has 13 aromatic rings. The number of rotatable bonds is 3. The molecular formula is C58H34S. The highest BCUT2D eigenvalue weighted by Gasteiger charge is 2.20. The molecule has 0 amide bonds. The summed E-state index contributed by atoms with van der Waals surface area (Å²) in [4.78, 5) is 0. The van der Waals surface area contributed by atoms with Crippen molar-refractivity contribution >= 4 is 107 Å². The van der Waals surface area contributed by atoms with Crippen LogP contribution in [0.25, 0.3) is 129 Å². The predicted octanol–water partition coefficient (Wildman–Crippen LogP) is 17.1. The smallest absolute Gasteiger partial charge is 0.0440 e. The van der Waals surface area contributed by atoms with Crippen LogP contribution in [0.1, 0.15) is 0 Å². The second-order valence-corrected chi connectivity index (χ2v) is 16.9. The molecule has 0 radical (unpaired) electrons. The second-order valence-electron chi connectivity index (χ2n) is 15.9. The summed E-state index contributed by atoms with van der Waals surface area (Å²) in [6.45, 7) is 0. The summed E-state index contributed by atoms with van der Waals surface area (Å²) >= 11 is 1.93. The molecule has 59 heavy (non-hydrogen) atoms. The highest BCUT2D eigenvalue weighted by atomic mass is 32.1. The summed E-state index contributed by atoms with van der Waals surface area (Å²) in [6, 6.07) is 76.8. The van der Waals surface area contributed by atoms with Crippen molar-refractivity contribution in [2.75, 3.05) is 0 Å². The Hall–Kier alpha value is -7.32. The highest BCUT2D eigenvalue weighted by Crippen LogP contribution is 2.49. The van der Waals surface area contributed by atoms with Crippen LogP contribution in [0.4, 0.5) is 0 Å². The third-order valence-corrected chi connectivity index (χ3v) is 14.0. The molecule has 0 N–H and O–H groups in total. The van der Waals surface area contributed by atoms with Gasteiger partial charge in [-0.1, -0.05) is 188 Å². The summed E-state index contributed by atoms with van der Waals surface area (Å²) in [5.74, 6) is 0. The zero-order valence-electron chi connectivity index (χ0n) is 32.0. The Morgan fingerprint density at radius 1 is 0.254 bits per heavy atom. The maximum Gasteiger partial charge on any atom is 0.0440 e. The lowest BCUT2D eigenvalue weighted by Crippen LogP contribution is -1.91. The molecule has 0 saturated heterocycles. The van der Waals surface area contributed by atoms with Gasteiger partial charge in [0.25, 0.3) is 0 Å². The molecule has 0 nitrogen and oxygen atoms in total. The molecule has 0 atom stereocenters. The monoisotopic (exact) mass is 762 g/mol. The summed E-state index contributed by atoms with van der Waals surface area (Å²) < 4.78 is 2.70. The van der Waals surface area contributed by atoms with Crippen LogP contribution in [0.15, 0.2) is 206 Å². The minimum Gasteiger partial charge on any atom is -0.134 e. The van der Waals surface area contributed by atoms with Gasteiger partial charge in [-0.05, 0) is 122 Å². The van der Waals surface area contributed by atoms with Crippen molar-refractivity contribution in [3.8, 4) is 33.4 Å². The van der Waals surface area contributed by atoms with Gasteiger partial charge in [0.2, 0.25) is 0 Å². The molecule has 0 unspecified atom stereocenters. The van der Waals surface area contributed by atoms with Crippen molar-refractivity contribution in [2.45, 2.75) is 0 Å². The van der Waals surface area contributed by atoms with Crippen LogP contribution in [0.2, 0.25) is 0 Å². The van der Waals surface area contributed by atoms with Gasteiger partial charge < -0.3 is 0 Å². The molecule has 0 fully saturated rings. The molecule has 0 saturated carbocycles. The van der Waals surface area contributed by atoms with E-state index in [1.807, 2.05) is 11.3 Å². The SMILES string of the molecule is c1ccc2c(-c3c4ccccc4c(-c4ccc5cc(-c6cc7sc8c9ccccc9c9ccccc9c8c7c7ccccc67)ccc5c4)c4ccccc34)cccc2c1. The van der Waals surface area contributed by atoms with Gasteiger partial charge in [0, 0.05) is 25.6 Å². The molecular weight excluding hydrogens is 729 g/mol. The lowest BCUT2D eigenvalue weighted by atomic mass is 9.84. The van der Waals surface area contributed by atoms with Gasteiger partial charge in [-0.3, -0.25) is 0 Å². The van der Waals surface area contributed by atoms with Gasteiger partial charge in [0.1, 0.15) is 0 Å². The molecule has 1 heterocycles. The van der Waals surface area contributed by atoms with Gasteiger partial charge in [-0.15, -0.1) is 11.3 Å². The maximum absolute atomic E-state index is 2.46. The van der Waals surface area contributed by atoms with Crippen LogP contribution in [0.5, 0.6) is 0 Å². The third-order valence-electron chi connectivity index (χ3n) is 12.8. The van der Waals surface area contributed by atoms with Crippen LogP contribution >= 0.6 is 11.3 Å². The first-order valence-corrected chi connectivity index (χ1v) is 21.2. The lowest BCUT2D eigenvalue weighted by Gasteiger charge is -2.19. The first-order valence-electron chi connectivity index (χ1n) is 20.4. The minimum atomic E-state index is 1.23. The first-order chi connectivity index (χ1) is 29.3. The van der Waals surface area contributed by atoms with Crippen LogP contribution in [0.3, 0.4) is 0 Å². The van der Waals surface area contributed by atoms with Crippen LogP contribution < -0.4 is 0 Å². The maximum atomic E-state index is 2.46. The normalized spacial score (nSPS) is 12.1. The molecule has 0 aliphatic rings. The Morgan fingerprint density at radius 3 is 1.41 bits per heavy atom. The van der Waals surface area contributed by atoms with Crippen LogP contribution in [0, 0.1) is 0 Å². The molecule has 1 aromatic heterocycles. The average molecular weight is 763 g/mol. The third kappa shape index (κ3) is 4.77. The van der Waals surface area contributed by atoms with Gasteiger partial charge in [-0.2, -0.15) is 0 Å². The van der Waals surface area contributed by atoms with E-state index in [1.165, 1.54) is 129 Å². The van der Waals surface area contributed by atoms with Crippen molar-refractivity contribution in [3.63, 3.8) is 0 Å². The predicted molar refractivity (Wildman–Crippen MR) is 258 cm³/mol. The average Bonchev–Trinajstić information content (AvgIpc) is 3.71. The standard InChI is InChI=1S/C58H34S/c1-2-16-40-35(14-1)15-13-27-44(40)55-49-24-10-8-22-47(49)54(48-23-9-11-25-50(48)55)39-31-29-36-32-38(30-28-37(36)33-39)52-34-53-56(45-20-6-4-19-43(45)52)57-46-21-7-3-17-41(46)42-18-5-12-26-51(42)58(57)59-53/h1-34H. The van der Waals surface area contributed by atoms with Gasteiger partial charge in [0.15, 0.2) is 0 Å². The second kappa shape index (κ2) is 12.6. The Kier molecular flexibility index (Phi) is 6.98. The van der Waals surface area contributed by atoms with Crippen LogP contribution in [-0.2, 0) is 0 Å². The van der Waals surface area contributed by atoms with E-state index < -0.39 is 0 Å². The lowest BCUT2D eigenvalue weighted by molar-refractivity contribution is 1.68. The molecule has 0 bridgehead atoms.